The van der Waals surface area contributed by atoms with Crippen molar-refractivity contribution in [3.63, 3.8) is 0 Å². The minimum absolute atomic E-state index is 0.265. The fourth-order valence-corrected chi connectivity index (χ4v) is 1.47. The molecule has 0 amide bonds. The van der Waals surface area contributed by atoms with Gasteiger partial charge in [-0.3, -0.25) is 9.89 Å². The lowest BCUT2D eigenvalue weighted by molar-refractivity contribution is -0.170. The average molecular weight is 243 g/mol. The number of halogens is 3. The standard InChI is InChI=1S/C10H8F3N3O/c1-5-6(3-8(17)10(11,12)13)2-7-4-14-16-9(7)15-5/h2,4H,3H2,1H3,(H,14,15,16). The fraction of sp³-hybridized carbons (Fsp3) is 0.300. The molecule has 0 fully saturated rings. The monoisotopic (exact) mass is 243 g/mol. The molecule has 0 saturated carbocycles. The van der Waals surface area contributed by atoms with E-state index in [0.717, 1.165) is 0 Å². The van der Waals surface area contributed by atoms with Gasteiger partial charge in [0.1, 0.15) is 0 Å². The van der Waals surface area contributed by atoms with E-state index in [2.05, 4.69) is 15.2 Å². The van der Waals surface area contributed by atoms with Crippen LogP contribution in [0.2, 0.25) is 0 Å². The lowest BCUT2D eigenvalue weighted by Gasteiger charge is -2.07. The Labute approximate surface area is 93.8 Å². The van der Waals surface area contributed by atoms with Crippen LogP contribution >= 0.6 is 0 Å². The average Bonchev–Trinajstić information content (AvgIpc) is 2.63. The molecule has 2 heterocycles. The third-order valence-corrected chi connectivity index (χ3v) is 2.39. The van der Waals surface area contributed by atoms with Gasteiger partial charge in [0.15, 0.2) is 5.65 Å². The fourth-order valence-electron chi connectivity index (χ4n) is 1.47. The summed E-state index contributed by atoms with van der Waals surface area (Å²) in [5.41, 5.74) is 1.14. The maximum Gasteiger partial charge on any atom is 0.450 e. The molecule has 1 N–H and O–H groups in total. The summed E-state index contributed by atoms with van der Waals surface area (Å²) in [5.74, 6) is -1.77. The van der Waals surface area contributed by atoms with Crippen molar-refractivity contribution in [1.29, 1.82) is 0 Å². The van der Waals surface area contributed by atoms with Crippen molar-refractivity contribution in [2.45, 2.75) is 19.5 Å². The largest absolute Gasteiger partial charge is 0.450 e. The van der Waals surface area contributed by atoms with Gasteiger partial charge in [-0.2, -0.15) is 18.3 Å². The number of rotatable bonds is 2. The van der Waals surface area contributed by atoms with E-state index >= 15 is 0 Å². The number of aromatic nitrogens is 3. The Morgan fingerprint density at radius 3 is 2.82 bits per heavy atom. The summed E-state index contributed by atoms with van der Waals surface area (Å²) >= 11 is 0. The quantitative estimate of drug-likeness (QED) is 0.876. The molecule has 4 nitrogen and oxygen atoms in total. The minimum Gasteiger partial charge on any atom is -0.289 e. The number of pyridine rings is 1. The van der Waals surface area contributed by atoms with E-state index in [0.29, 0.717) is 16.7 Å². The van der Waals surface area contributed by atoms with Crippen molar-refractivity contribution < 1.29 is 18.0 Å². The first-order chi connectivity index (χ1) is 7.88. The van der Waals surface area contributed by atoms with Crippen molar-refractivity contribution in [3.05, 3.63) is 23.5 Å². The van der Waals surface area contributed by atoms with Gasteiger partial charge in [-0.15, -0.1) is 0 Å². The molecule has 0 unspecified atom stereocenters. The first kappa shape index (κ1) is 11.6. The smallest absolute Gasteiger partial charge is 0.289 e. The molecule has 0 spiro atoms. The van der Waals surface area contributed by atoms with Gasteiger partial charge in [-0.05, 0) is 18.6 Å². The molecule has 2 aromatic rings. The van der Waals surface area contributed by atoms with Crippen molar-refractivity contribution in [1.82, 2.24) is 15.2 Å². The van der Waals surface area contributed by atoms with Crippen molar-refractivity contribution in [3.8, 4) is 0 Å². The Kier molecular flexibility index (Phi) is 2.60. The van der Waals surface area contributed by atoms with Crippen LogP contribution in [0.25, 0.3) is 11.0 Å². The van der Waals surface area contributed by atoms with Crippen LogP contribution in [0.15, 0.2) is 12.3 Å². The van der Waals surface area contributed by atoms with Gasteiger partial charge in [-0.25, -0.2) is 4.98 Å². The van der Waals surface area contributed by atoms with Crippen LogP contribution in [0.4, 0.5) is 13.2 Å². The second-order valence-corrected chi connectivity index (χ2v) is 3.64. The van der Waals surface area contributed by atoms with Crippen LogP contribution < -0.4 is 0 Å². The van der Waals surface area contributed by atoms with E-state index in [1.54, 1.807) is 6.92 Å². The van der Waals surface area contributed by atoms with E-state index in [9.17, 15) is 18.0 Å². The molecule has 0 aliphatic heterocycles. The van der Waals surface area contributed by atoms with Crippen LogP contribution in [0.5, 0.6) is 0 Å². The van der Waals surface area contributed by atoms with Crippen LogP contribution in [0, 0.1) is 6.92 Å². The third-order valence-electron chi connectivity index (χ3n) is 2.39. The molecule has 0 radical (unpaired) electrons. The SMILES string of the molecule is Cc1nc2[nH]ncc2cc1CC(=O)C(F)(F)F. The van der Waals surface area contributed by atoms with Crippen LogP contribution in [0.1, 0.15) is 11.3 Å². The number of nitrogens with zero attached hydrogens (tertiary/aromatic N) is 2. The molecule has 2 rings (SSSR count). The number of Topliss-reactive ketones (excluding diaryl/α,β-unsaturated/α-hetero) is 1. The first-order valence-corrected chi connectivity index (χ1v) is 4.77. The Bertz CT molecular complexity index is 574. The number of aryl methyl sites for hydroxylation is 1. The van der Waals surface area contributed by atoms with Gasteiger partial charge in [-0.1, -0.05) is 0 Å². The number of H-pyrrole nitrogens is 1. The molecule has 7 heteroatoms. The molecule has 0 bridgehead atoms. The summed E-state index contributed by atoms with van der Waals surface area (Å²) in [6, 6.07) is 1.49. The zero-order valence-electron chi connectivity index (χ0n) is 8.80. The van der Waals surface area contributed by atoms with Crippen molar-refractivity contribution in [2.24, 2.45) is 0 Å². The molecular weight excluding hydrogens is 235 g/mol. The highest BCUT2D eigenvalue weighted by molar-refractivity contribution is 5.87. The number of hydrogen-bond acceptors (Lipinski definition) is 3. The van der Waals surface area contributed by atoms with E-state index in [1.165, 1.54) is 12.3 Å². The number of aromatic amines is 1. The van der Waals surface area contributed by atoms with E-state index < -0.39 is 18.4 Å². The second-order valence-electron chi connectivity index (χ2n) is 3.64. The van der Waals surface area contributed by atoms with Gasteiger partial charge in [0.05, 0.1) is 6.20 Å². The molecule has 0 atom stereocenters. The number of carbonyl (C=O) groups is 1. The van der Waals surface area contributed by atoms with Gasteiger partial charge < -0.3 is 0 Å². The summed E-state index contributed by atoms with van der Waals surface area (Å²) < 4.78 is 36.4. The molecule has 90 valence electrons. The molecule has 0 aromatic carbocycles. The zero-order chi connectivity index (χ0) is 12.6. The summed E-state index contributed by atoms with van der Waals surface area (Å²) in [6.07, 6.45) is -4.05. The summed E-state index contributed by atoms with van der Waals surface area (Å²) in [5, 5.41) is 6.90. The zero-order valence-corrected chi connectivity index (χ0v) is 8.80. The lowest BCUT2D eigenvalue weighted by Crippen LogP contribution is -2.25. The maximum absolute atomic E-state index is 12.1. The number of carbonyl (C=O) groups excluding carboxylic acids is 1. The highest BCUT2D eigenvalue weighted by Crippen LogP contribution is 2.21. The highest BCUT2D eigenvalue weighted by atomic mass is 19.4. The lowest BCUT2D eigenvalue weighted by atomic mass is 10.1. The van der Waals surface area contributed by atoms with Gasteiger partial charge in [0.2, 0.25) is 5.78 Å². The number of nitrogens with one attached hydrogen (secondary N) is 1. The molecule has 17 heavy (non-hydrogen) atoms. The minimum atomic E-state index is -4.81. The van der Waals surface area contributed by atoms with Gasteiger partial charge in [0, 0.05) is 17.5 Å². The second kappa shape index (κ2) is 3.83. The van der Waals surface area contributed by atoms with Crippen LogP contribution in [-0.2, 0) is 11.2 Å². The Morgan fingerprint density at radius 2 is 2.18 bits per heavy atom. The number of alkyl halides is 3. The normalized spacial score (nSPS) is 12.0. The topological polar surface area (TPSA) is 58.6 Å². The number of hydrogen-bond donors (Lipinski definition) is 1. The first-order valence-electron chi connectivity index (χ1n) is 4.77. The number of ketones is 1. The predicted octanol–water partition coefficient (Wildman–Crippen LogP) is 1.94. The maximum atomic E-state index is 12.1. The van der Waals surface area contributed by atoms with Crippen LogP contribution in [-0.4, -0.2) is 27.1 Å². The van der Waals surface area contributed by atoms with E-state index in [-0.39, 0.29) is 5.56 Å². The molecular formula is C10H8F3N3O. The van der Waals surface area contributed by atoms with E-state index in [4.69, 9.17) is 0 Å². The van der Waals surface area contributed by atoms with Crippen molar-refractivity contribution >= 4 is 16.8 Å². The van der Waals surface area contributed by atoms with Gasteiger partial charge in [0.25, 0.3) is 0 Å². The molecule has 0 aliphatic rings. The summed E-state index contributed by atoms with van der Waals surface area (Å²) in [7, 11) is 0. The van der Waals surface area contributed by atoms with Gasteiger partial charge >= 0.3 is 6.18 Å². The highest BCUT2D eigenvalue weighted by Gasteiger charge is 2.38. The molecule has 0 aliphatic carbocycles. The Morgan fingerprint density at radius 1 is 1.47 bits per heavy atom. The van der Waals surface area contributed by atoms with Crippen LogP contribution in [0.3, 0.4) is 0 Å². The number of fused-ring (bicyclic) bond motifs is 1. The molecule has 2 aromatic heterocycles. The third kappa shape index (κ3) is 2.27. The summed E-state index contributed by atoms with van der Waals surface area (Å²) in [4.78, 5) is 14.9. The Balaban J connectivity index is 2.35. The van der Waals surface area contributed by atoms with Crippen molar-refractivity contribution in [2.75, 3.05) is 0 Å². The Hall–Kier alpha value is -1.92. The van der Waals surface area contributed by atoms with E-state index in [1.807, 2.05) is 0 Å². The molecule has 0 saturated heterocycles. The predicted molar refractivity (Wildman–Crippen MR) is 53.4 cm³/mol. The summed E-state index contributed by atoms with van der Waals surface area (Å²) in [6.45, 7) is 1.55.